The van der Waals surface area contributed by atoms with Gasteiger partial charge in [0.2, 0.25) is 0 Å². The number of aliphatic hydroxyl groups excluding tert-OH is 1. The number of carbonyl (C=O) groups excluding carboxylic acids is 1. The summed E-state index contributed by atoms with van der Waals surface area (Å²) in [5, 5.41) is 31.5. The Balaban J connectivity index is 1.74. The Morgan fingerprint density at radius 2 is 1.80 bits per heavy atom. The van der Waals surface area contributed by atoms with Crippen LogP contribution in [0.3, 0.4) is 0 Å². The van der Waals surface area contributed by atoms with Crippen molar-refractivity contribution in [3.8, 4) is 11.5 Å². The van der Waals surface area contributed by atoms with Gasteiger partial charge in [0.15, 0.2) is 0 Å². The van der Waals surface area contributed by atoms with Crippen molar-refractivity contribution in [1.82, 2.24) is 5.32 Å². The first-order valence-electron chi connectivity index (χ1n) is 6.31. The normalized spacial score (nSPS) is 32.0. The van der Waals surface area contributed by atoms with Crippen LogP contribution in [0.4, 0.5) is 0 Å². The van der Waals surface area contributed by atoms with Crippen LogP contribution in [0.25, 0.3) is 0 Å². The number of nitrogens with one attached hydrogen (secondary N) is 1. The number of amides is 1. The van der Waals surface area contributed by atoms with Crippen molar-refractivity contribution in [1.29, 1.82) is 0 Å². The van der Waals surface area contributed by atoms with Crippen LogP contribution >= 0.6 is 0 Å². The van der Waals surface area contributed by atoms with Gasteiger partial charge in [0.25, 0.3) is 5.91 Å². The van der Waals surface area contributed by atoms with E-state index in [0.717, 1.165) is 0 Å². The molecule has 7 nitrogen and oxygen atoms in total. The molecule has 0 bridgehead atoms. The zero-order valence-corrected chi connectivity index (χ0v) is 10.5. The number of aromatic hydroxyl groups is 2. The van der Waals surface area contributed by atoms with Gasteiger partial charge in [0, 0.05) is 0 Å². The molecule has 2 saturated heterocycles. The molecule has 3 rings (SSSR count). The molecule has 0 aliphatic carbocycles. The van der Waals surface area contributed by atoms with E-state index in [4.69, 9.17) is 9.47 Å². The maximum Gasteiger partial charge on any atom is 0.259 e. The Kier molecular flexibility index (Phi) is 3.25. The maximum absolute atomic E-state index is 12.1. The number of fused-ring (bicyclic) bond motifs is 1. The topological polar surface area (TPSA) is 108 Å². The number of carbonyl (C=O) groups is 1. The fraction of sp³-hybridized carbons (Fsp3) is 0.462. The van der Waals surface area contributed by atoms with Gasteiger partial charge in [-0.15, -0.1) is 0 Å². The molecule has 2 fully saturated rings. The minimum absolute atomic E-state index is 0.170. The highest BCUT2D eigenvalue weighted by Gasteiger charge is 2.47. The molecule has 7 heteroatoms. The number of rotatable bonds is 2. The van der Waals surface area contributed by atoms with E-state index in [0.29, 0.717) is 0 Å². The van der Waals surface area contributed by atoms with Crippen LogP contribution in [0.15, 0.2) is 18.2 Å². The van der Waals surface area contributed by atoms with Crippen molar-refractivity contribution in [2.45, 2.75) is 24.4 Å². The Hall–Kier alpha value is -1.83. The van der Waals surface area contributed by atoms with E-state index in [1.54, 1.807) is 0 Å². The summed E-state index contributed by atoms with van der Waals surface area (Å²) in [7, 11) is 0. The Morgan fingerprint density at radius 3 is 2.50 bits per heavy atom. The highest BCUT2D eigenvalue weighted by molar-refractivity contribution is 5.99. The van der Waals surface area contributed by atoms with E-state index in [9.17, 15) is 20.1 Å². The van der Waals surface area contributed by atoms with Crippen molar-refractivity contribution in [2.75, 3.05) is 13.2 Å². The highest BCUT2D eigenvalue weighted by Crippen LogP contribution is 2.29. The number of aliphatic hydroxyl groups is 1. The molecule has 0 unspecified atom stereocenters. The quantitative estimate of drug-likeness (QED) is 0.574. The number of ether oxygens (including phenoxy) is 2. The van der Waals surface area contributed by atoms with Crippen molar-refractivity contribution >= 4 is 5.91 Å². The lowest BCUT2D eigenvalue weighted by atomic mass is 10.1. The minimum Gasteiger partial charge on any atom is -0.507 e. The average Bonchev–Trinajstić information content (AvgIpc) is 2.94. The predicted octanol–water partition coefficient (Wildman–Crippen LogP) is -0.645. The molecular formula is C13H15NO6. The fourth-order valence-corrected chi connectivity index (χ4v) is 2.60. The van der Waals surface area contributed by atoms with Crippen LogP contribution in [0, 0.1) is 0 Å². The van der Waals surface area contributed by atoms with Crippen molar-refractivity contribution < 1.29 is 29.6 Å². The Bertz CT molecular complexity index is 513. The second-order valence-corrected chi connectivity index (χ2v) is 4.91. The number of hydrogen-bond acceptors (Lipinski definition) is 6. The summed E-state index contributed by atoms with van der Waals surface area (Å²) in [4.78, 5) is 12.1. The first kappa shape index (κ1) is 13.2. The van der Waals surface area contributed by atoms with E-state index in [1.807, 2.05) is 0 Å². The molecule has 0 spiro atoms. The van der Waals surface area contributed by atoms with E-state index in [2.05, 4.69) is 5.32 Å². The van der Waals surface area contributed by atoms with Crippen molar-refractivity contribution in [2.24, 2.45) is 0 Å². The van der Waals surface area contributed by atoms with Gasteiger partial charge >= 0.3 is 0 Å². The number of phenolic OH excluding ortho intramolecular Hbond substituents is 2. The first-order valence-corrected chi connectivity index (χ1v) is 6.31. The third kappa shape index (κ3) is 2.09. The first-order chi connectivity index (χ1) is 9.58. The van der Waals surface area contributed by atoms with Crippen LogP contribution in [-0.2, 0) is 9.47 Å². The molecule has 1 aromatic carbocycles. The Morgan fingerprint density at radius 1 is 1.15 bits per heavy atom. The SMILES string of the molecule is O=C(N[C@H]1CO[C@H]2[C@@H]1OC[C@H]2O)c1c(O)cccc1O. The largest absolute Gasteiger partial charge is 0.507 e. The van der Waals surface area contributed by atoms with Crippen LogP contribution < -0.4 is 5.32 Å². The van der Waals surface area contributed by atoms with Gasteiger partial charge in [-0.3, -0.25) is 4.79 Å². The number of benzene rings is 1. The van der Waals surface area contributed by atoms with E-state index in [1.165, 1.54) is 18.2 Å². The summed E-state index contributed by atoms with van der Waals surface area (Å²) in [6.07, 6.45) is -1.55. The van der Waals surface area contributed by atoms with Gasteiger partial charge in [-0.2, -0.15) is 0 Å². The summed E-state index contributed by atoms with van der Waals surface area (Å²) < 4.78 is 10.8. The smallest absolute Gasteiger partial charge is 0.259 e. The molecular weight excluding hydrogens is 266 g/mol. The van der Waals surface area contributed by atoms with E-state index in [-0.39, 0.29) is 30.3 Å². The third-order valence-corrected chi connectivity index (χ3v) is 3.59. The van der Waals surface area contributed by atoms with Crippen LogP contribution in [0.2, 0.25) is 0 Å². The van der Waals surface area contributed by atoms with Crippen molar-refractivity contribution in [3.05, 3.63) is 23.8 Å². The standard InChI is InChI=1S/C13H15NO6/c15-7-2-1-3-8(16)10(7)13(18)14-6-4-19-12-9(17)5-20-11(6)12/h1-3,6,9,11-12,15-17H,4-5H2,(H,14,18)/t6-,9+,11+,12+/m0/s1. The monoisotopic (exact) mass is 281 g/mol. The lowest BCUT2D eigenvalue weighted by molar-refractivity contribution is 0.0178. The summed E-state index contributed by atoms with van der Waals surface area (Å²) in [6, 6.07) is 3.65. The molecule has 2 aliphatic heterocycles. The van der Waals surface area contributed by atoms with Crippen LogP contribution in [-0.4, -0.2) is 58.8 Å². The fourth-order valence-electron chi connectivity index (χ4n) is 2.60. The predicted molar refractivity (Wildman–Crippen MR) is 66.5 cm³/mol. The van der Waals surface area contributed by atoms with E-state index < -0.39 is 30.3 Å². The zero-order chi connectivity index (χ0) is 14.3. The van der Waals surface area contributed by atoms with Gasteiger partial charge in [-0.25, -0.2) is 0 Å². The van der Waals surface area contributed by atoms with Crippen LogP contribution in [0.5, 0.6) is 11.5 Å². The van der Waals surface area contributed by atoms with Gasteiger partial charge < -0.3 is 30.1 Å². The summed E-state index contributed by atoms with van der Waals surface area (Å²) in [6.45, 7) is 0.385. The number of phenols is 2. The van der Waals surface area contributed by atoms with Gasteiger partial charge in [0.1, 0.15) is 35.4 Å². The zero-order valence-electron chi connectivity index (χ0n) is 10.5. The molecule has 4 atom stereocenters. The van der Waals surface area contributed by atoms with Gasteiger partial charge in [-0.05, 0) is 12.1 Å². The maximum atomic E-state index is 12.1. The molecule has 108 valence electrons. The molecule has 4 N–H and O–H groups in total. The molecule has 2 heterocycles. The van der Waals surface area contributed by atoms with Crippen molar-refractivity contribution in [3.63, 3.8) is 0 Å². The second kappa shape index (κ2) is 4.93. The summed E-state index contributed by atoms with van der Waals surface area (Å²) >= 11 is 0. The summed E-state index contributed by atoms with van der Waals surface area (Å²) in [5.41, 5.74) is -0.186. The number of hydrogen-bond donors (Lipinski definition) is 4. The van der Waals surface area contributed by atoms with E-state index >= 15 is 0 Å². The highest BCUT2D eigenvalue weighted by atomic mass is 16.6. The van der Waals surface area contributed by atoms with Crippen LogP contribution in [0.1, 0.15) is 10.4 Å². The third-order valence-electron chi connectivity index (χ3n) is 3.59. The molecule has 1 amide bonds. The lowest BCUT2D eigenvalue weighted by Gasteiger charge is -2.18. The lowest BCUT2D eigenvalue weighted by Crippen LogP contribution is -2.44. The van der Waals surface area contributed by atoms with Gasteiger partial charge in [0.05, 0.1) is 19.3 Å². The average molecular weight is 281 g/mol. The molecule has 1 aromatic rings. The molecule has 20 heavy (non-hydrogen) atoms. The second-order valence-electron chi connectivity index (χ2n) is 4.91. The summed E-state index contributed by atoms with van der Waals surface area (Å²) in [5.74, 6) is -1.21. The molecule has 2 aliphatic rings. The molecule has 0 saturated carbocycles. The van der Waals surface area contributed by atoms with Gasteiger partial charge in [-0.1, -0.05) is 6.07 Å². The molecule has 0 radical (unpaired) electrons. The minimum atomic E-state index is -0.694. The Labute approximate surface area is 114 Å². The molecule has 0 aromatic heterocycles.